The van der Waals surface area contributed by atoms with Gasteiger partial charge in [0, 0.05) is 28.3 Å². The SMILES string of the molecule is Cc1cccc(NC(=O)C[NH+](C)Cc2cc(=O)oc3c(C)c(O)ccc23)c1C. The molecule has 1 unspecified atom stereocenters. The predicted octanol–water partition coefficient (Wildman–Crippen LogP) is 2.08. The third-order valence-corrected chi connectivity index (χ3v) is 5.05. The molecule has 0 spiro atoms. The molecule has 3 aromatic rings. The first kappa shape index (κ1) is 19.6. The van der Waals surface area contributed by atoms with Crippen molar-refractivity contribution in [3.05, 3.63) is 69.1 Å². The minimum Gasteiger partial charge on any atom is -0.508 e. The highest BCUT2D eigenvalue weighted by Gasteiger charge is 2.16. The van der Waals surface area contributed by atoms with Crippen LogP contribution in [0, 0.1) is 20.8 Å². The number of phenolic OH excluding ortho intramolecular Hbond substituents is 1. The second-order valence-electron chi connectivity index (χ2n) is 7.28. The zero-order chi connectivity index (χ0) is 20.4. The van der Waals surface area contributed by atoms with Crippen molar-refractivity contribution in [3.63, 3.8) is 0 Å². The van der Waals surface area contributed by atoms with E-state index in [0.29, 0.717) is 17.7 Å². The Morgan fingerprint density at radius 2 is 1.89 bits per heavy atom. The second kappa shape index (κ2) is 7.86. The number of quaternary nitrogens is 1. The smallest absolute Gasteiger partial charge is 0.336 e. The first-order chi connectivity index (χ1) is 13.3. The summed E-state index contributed by atoms with van der Waals surface area (Å²) in [4.78, 5) is 25.3. The minimum atomic E-state index is -0.469. The molecule has 0 saturated carbocycles. The van der Waals surface area contributed by atoms with E-state index in [2.05, 4.69) is 5.32 Å². The Labute approximate surface area is 163 Å². The lowest BCUT2D eigenvalue weighted by Gasteiger charge is -2.16. The Morgan fingerprint density at radius 3 is 2.64 bits per heavy atom. The highest BCUT2D eigenvalue weighted by molar-refractivity contribution is 5.92. The molecule has 1 aromatic heterocycles. The molecule has 1 amide bonds. The van der Waals surface area contributed by atoms with Crippen LogP contribution in [0.1, 0.15) is 22.3 Å². The van der Waals surface area contributed by atoms with Gasteiger partial charge in [0.05, 0.1) is 7.05 Å². The number of nitrogens with one attached hydrogen (secondary N) is 2. The number of aryl methyl sites for hydroxylation is 2. The summed E-state index contributed by atoms with van der Waals surface area (Å²) in [7, 11) is 1.90. The van der Waals surface area contributed by atoms with Crippen LogP contribution in [0.25, 0.3) is 11.0 Å². The van der Waals surface area contributed by atoms with Gasteiger partial charge in [0.25, 0.3) is 5.91 Å². The number of fused-ring (bicyclic) bond motifs is 1. The molecule has 0 fully saturated rings. The maximum absolute atomic E-state index is 12.5. The van der Waals surface area contributed by atoms with E-state index in [0.717, 1.165) is 32.7 Å². The number of amides is 1. The molecule has 1 heterocycles. The number of phenols is 1. The standard InChI is InChI=1S/C22H24N2O4/c1-13-6-5-7-18(14(13)2)23-20(26)12-24(4)11-16-10-21(27)28-22-15(3)19(25)9-8-17(16)22/h5-10,25H,11-12H2,1-4H3,(H,23,26)/p+1. The van der Waals surface area contributed by atoms with E-state index in [4.69, 9.17) is 4.42 Å². The Hall–Kier alpha value is -3.12. The average molecular weight is 381 g/mol. The summed E-state index contributed by atoms with van der Waals surface area (Å²) in [5.41, 5.74) is 4.22. The fourth-order valence-corrected chi connectivity index (χ4v) is 3.30. The first-order valence-electron chi connectivity index (χ1n) is 9.19. The van der Waals surface area contributed by atoms with Gasteiger partial charge in [-0.05, 0) is 50.1 Å². The monoisotopic (exact) mass is 381 g/mol. The fraction of sp³-hybridized carbons (Fsp3) is 0.273. The molecule has 6 nitrogen and oxygen atoms in total. The third kappa shape index (κ3) is 4.07. The number of hydrogen-bond acceptors (Lipinski definition) is 4. The molecule has 0 aliphatic rings. The molecule has 3 rings (SSSR count). The molecule has 6 heteroatoms. The summed E-state index contributed by atoms with van der Waals surface area (Å²) >= 11 is 0. The molecule has 0 aliphatic carbocycles. The number of carbonyl (C=O) groups excluding carboxylic acids is 1. The van der Waals surface area contributed by atoms with Crippen molar-refractivity contribution < 1.29 is 19.2 Å². The molecule has 146 valence electrons. The quantitative estimate of drug-likeness (QED) is 0.591. The van der Waals surface area contributed by atoms with Gasteiger partial charge in [-0.15, -0.1) is 0 Å². The van der Waals surface area contributed by atoms with Crippen molar-refractivity contribution in [2.45, 2.75) is 27.3 Å². The van der Waals surface area contributed by atoms with Crippen LogP contribution in [0.2, 0.25) is 0 Å². The van der Waals surface area contributed by atoms with Crippen molar-refractivity contribution >= 4 is 22.6 Å². The van der Waals surface area contributed by atoms with Crippen molar-refractivity contribution in [1.29, 1.82) is 0 Å². The lowest BCUT2D eigenvalue weighted by molar-refractivity contribution is -0.885. The van der Waals surface area contributed by atoms with Gasteiger partial charge in [-0.1, -0.05) is 12.1 Å². The maximum atomic E-state index is 12.5. The molecule has 1 atom stereocenters. The summed E-state index contributed by atoms with van der Waals surface area (Å²) in [5.74, 6) is -0.00583. The summed E-state index contributed by atoms with van der Waals surface area (Å²) in [6, 6.07) is 10.6. The molecular formula is C22H25N2O4+. The minimum absolute atomic E-state index is 0.0846. The van der Waals surface area contributed by atoms with Crippen molar-refractivity contribution in [2.24, 2.45) is 0 Å². The van der Waals surface area contributed by atoms with Gasteiger partial charge in [0.2, 0.25) is 0 Å². The molecular weight excluding hydrogens is 356 g/mol. The van der Waals surface area contributed by atoms with Gasteiger partial charge in [0.15, 0.2) is 6.54 Å². The molecule has 0 radical (unpaired) electrons. The van der Waals surface area contributed by atoms with Gasteiger partial charge >= 0.3 is 5.63 Å². The lowest BCUT2D eigenvalue weighted by atomic mass is 10.1. The summed E-state index contributed by atoms with van der Waals surface area (Å²) in [6.07, 6.45) is 0. The van der Waals surface area contributed by atoms with E-state index < -0.39 is 5.63 Å². The fourth-order valence-electron chi connectivity index (χ4n) is 3.30. The number of rotatable bonds is 5. The number of likely N-dealkylation sites (N-methyl/N-ethyl adjacent to an activating group) is 1. The summed E-state index contributed by atoms with van der Waals surface area (Å²) < 4.78 is 5.28. The van der Waals surface area contributed by atoms with Crippen molar-refractivity contribution in [2.75, 3.05) is 18.9 Å². The van der Waals surface area contributed by atoms with E-state index in [9.17, 15) is 14.7 Å². The highest BCUT2D eigenvalue weighted by Crippen LogP contribution is 2.27. The Bertz CT molecular complexity index is 1100. The first-order valence-corrected chi connectivity index (χ1v) is 9.19. The lowest BCUT2D eigenvalue weighted by Crippen LogP contribution is -3.08. The van der Waals surface area contributed by atoms with Crippen LogP contribution in [-0.2, 0) is 11.3 Å². The maximum Gasteiger partial charge on any atom is 0.336 e. The Balaban J connectivity index is 1.77. The van der Waals surface area contributed by atoms with E-state index in [1.54, 1.807) is 19.1 Å². The number of hydrogen-bond donors (Lipinski definition) is 3. The van der Waals surface area contributed by atoms with Gasteiger partial charge in [0.1, 0.15) is 17.9 Å². The number of carbonyl (C=O) groups is 1. The van der Waals surface area contributed by atoms with Crippen LogP contribution < -0.4 is 15.8 Å². The van der Waals surface area contributed by atoms with Gasteiger partial charge in [-0.25, -0.2) is 4.79 Å². The molecule has 0 aliphatic heterocycles. The van der Waals surface area contributed by atoms with E-state index >= 15 is 0 Å². The third-order valence-electron chi connectivity index (χ3n) is 5.05. The van der Waals surface area contributed by atoms with E-state index in [1.165, 1.54) is 6.07 Å². The van der Waals surface area contributed by atoms with Crippen molar-refractivity contribution in [3.8, 4) is 5.75 Å². The molecule has 28 heavy (non-hydrogen) atoms. The normalized spacial score (nSPS) is 12.1. The number of anilines is 1. The Morgan fingerprint density at radius 1 is 1.14 bits per heavy atom. The predicted molar refractivity (Wildman–Crippen MR) is 109 cm³/mol. The topological polar surface area (TPSA) is 84.0 Å². The molecule has 0 saturated heterocycles. The van der Waals surface area contributed by atoms with Crippen LogP contribution in [0.4, 0.5) is 5.69 Å². The summed E-state index contributed by atoms with van der Waals surface area (Å²) in [5, 5.41) is 13.6. The van der Waals surface area contributed by atoms with Crippen molar-refractivity contribution in [1.82, 2.24) is 0 Å². The van der Waals surface area contributed by atoms with E-state index in [-0.39, 0.29) is 18.2 Å². The highest BCUT2D eigenvalue weighted by atomic mass is 16.4. The summed E-state index contributed by atoms with van der Waals surface area (Å²) in [6.45, 7) is 6.43. The number of benzene rings is 2. The Kier molecular flexibility index (Phi) is 5.51. The van der Waals surface area contributed by atoms with Gasteiger partial charge in [-0.3, -0.25) is 4.79 Å². The van der Waals surface area contributed by atoms with Crippen LogP contribution in [-0.4, -0.2) is 24.6 Å². The zero-order valence-electron chi connectivity index (χ0n) is 16.6. The number of aromatic hydroxyl groups is 1. The molecule has 2 aromatic carbocycles. The average Bonchev–Trinajstić information content (AvgIpc) is 2.62. The zero-order valence-corrected chi connectivity index (χ0v) is 16.6. The van der Waals surface area contributed by atoms with Gasteiger partial charge in [-0.2, -0.15) is 0 Å². The van der Waals surface area contributed by atoms with Crippen LogP contribution in [0.3, 0.4) is 0 Å². The van der Waals surface area contributed by atoms with Crippen LogP contribution >= 0.6 is 0 Å². The second-order valence-corrected chi connectivity index (χ2v) is 7.28. The largest absolute Gasteiger partial charge is 0.508 e. The van der Waals surface area contributed by atoms with Crippen LogP contribution in [0.15, 0.2) is 45.6 Å². The van der Waals surface area contributed by atoms with Gasteiger partial charge < -0.3 is 19.7 Å². The molecule has 3 N–H and O–H groups in total. The van der Waals surface area contributed by atoms with Crippen LogP contribution in [0.5, 0.6) is 5.75 Å². The molecule has 0 bridgehead atoms. The van der Waals surface area contributed by atoms with E-state index in [1.807, 2.05) is 39.1 Å².